The fourth-order valence-electron chi connectivity index (χ4n) is 0.954. The molecule has 5 nitrogen and oxygen atoms in total. The van der Waals surface area contributed by atoms with Gasteiger partial charge in [-0.05, 0) is 6.07 Å². The number of aromatic nitrogens is 3. The normalized spacial score (nSPS) is 10.3. The van der Waals surface area contributed by atoms with Gasteiger partial charge in [-0.2, -0.15) is 5.10 Å². The second-order valence-electron chi connectivity index (χ2n) is 2.33. The summed E-state index contributed by atoms with van der Waals surface area (Å²) in [5, 5.41) is 15.7. The minimum absolute atomic E-state index is 0.170. The van der Waals surface area contributed by atoms with Gasteiger partial charge < -0.3 is 5.11 Å². The highest BCUT2D eigenvalue weighted by Gasteiger charge is 2.04. The lowest BCUT2D eigenvalue weighted by atomic mass is 10.2. The van der Waals surface area contributed by atoms with Gasteiger partial charge in [0.2, 0.25) is 0 Å². The number of pyridine rings is 1. The second-order valence-corrected chi connectivity index (χ2v) is 2.33. The van der Waals surface area contributed by atoms with Crippen LogP contribution in [0.4, 0.5) is 0 Å². The number of hydrogen-bond acceptors (Lipinski definition) is 3. The number of carboxylic acid groups (broad SMARTS) is 1. The van der Waals surface area contributed by atoms with E-state index in [9.17, 15) is 4.79 Å². The molecule has 0 aromatic carbocycles. The van der Waals surface area contributed by atoms with Crippen LogP contribution in [0.3, 0.4) is 0 Å². The summed E-state index contributed by atoms with van der Waals surface area (Å²) in [4.78, 5) is 14.3. The largest absolute Gasteiger partial charge is 0.478 e. The molecule has 0 aliphatic rings. The van der Waals surface area contributed by atoms with Crippen molar-refractivity contribution >= 4 is 17.0 Å². The molecular formula is C7H5N3O2. The molecule has 2 rings (SSSR count). The molecule has 2 aromatic heterocycles. The molecule has 0 spiro atoms. The van der Waals surface area contributed by atoms with E-state index >= 15 is 0 Å². The van der Waals surface area contributed by atoms with Gasteiger partial charge in [0.05, 0.1) is 5.56 Å². The highest BCUT2D eigenvalue weighted by Crippen LogP contribution is 2.09. The third kappa shape index (κ3) is 0.914. The van der Waals surface area contributed by atoms with Crippen molar-refractivity contribution in [2.45, 2.75) is 0 Å². The van der Waals surface area contributed by atoms with Crippen LogP contribution >= 0.6 is 0 Å². The van der Waals surface area contributed by atoms with Crippen LogP contribution in [0.5, 0.6) is 0 Å². The number of aromatic carboxylic acids is 1. The minimum Gasteiger partial charge on any atom is -0.478 e. The van der Waals surface area contributed by atoms with Crippen LogP contribution in [0.15, 0.2) is 18.5 Å². The van der Waals surface area contributed by atoms with E-state index in [4.69, 9.17) is 5.11 Å². The van der Waals surface area contributed by atoms with E-state index in [2.05, 4.69) is 15.2 Å². The Kier molecular flexibility index (Phi) is 1.30. The zero-order valence-electron chi connectivity index (χ0n) is 5.98. The van der Waals surface area contributed by atoms with E-state index in [0.29, 0.717) is 11.0 Å². The molecule has 0 aliphatic heterocycles. The minimum atomic E-state index is -0.981. The quantitative estimate of drug-likeness (QED) is 0.647. The molecule has 0 saturated carbocycles. The van der Waals surface area contributed by atoms with Gasteiger partial charge in [0.15, 0.2) is 5.65 Å². The molecule has 12 heavy (non-hydrogen) atoms. The Labute approximate surface area is 67.1 Å². The van der Waals surface area contributed by atoms with Crippen LogP contribution in [0.1, 0.15) is 10.4 Å². The van der Waals surface area contributed by atoms with Crippen LogP contribution in [0.2, 0.25) is 0 Å². The molecule has 0 atom stereocenters. The Morgan fingerprint density at radius 3 is 3.17 bits per heavy atom. The molecule has 0 bridgehead atoms. The second kappa shape index (κ2) is 2.30. The van der Waals surface area contributed by atoms with Crippen LogP contribution in [-0.4, -0.2) is 26.3 Å². The van der Waals surface area contributed by atoms with E-state index in [1.807, 2.05) is 0 Å². The maximum Gasteiger partial charge on any atom is 0.337 e. The molecule has 5 heteroatoms. The molecule has 0 radical (unpaired) electrons. The predicted molar refractivity (Wildman–Crippen MR) is 40.8 cm³/mol. The number of fused-ring (bicyclic) bond motifs is 1. The van der Waals surface area contributed by atoms with Gasteiger partial charge >= 0.3 is 5.97 Å². The molecule has 2 N–H and O–H groups in total. The zero-order chi connectivity index (χ0) is 8.55. The lowest BCUT2D eigenvalue weighted by Gasteiger charge is -1.91. The summed E-state index contributed by atoms with van der Waals surface area (Å²) in [6.45, 7) is 0. The van der Waals surface area contributed by atoms with Crippen molar-refractivity contribution in [1.29, 1.82) is 0 Å². The summed E-state index contributed by atoms with van der Waals surface area (Å²) in [5.74, 6) is -0.981. The number of aromatic amines is 1. The summed E-state index contributed by atoms with van der Waals surface area (Å²) in [7, 11) is 0. The topological polar surface area (TPSA) is 78.9 Å². The fourth-order valence-corrected chi connectivity index (χ4v) is 0.954. The van der Waals surface area contributed by atoms with Crippen molar-refractivity contribution in [2.24, 2.45) is 0 Å². The standard InChI is InChI=1S/C7H5N3O2/c11-7(12)5-1-4-3-9-10-6(4)8-2-5/h1-3H,(H,11,12)(H,8,9,10). The van der Waals surface area contributed by atoms with Crippen LogP contribution < -0.4 is 0 Å². The van der Waals surface area contributed by atoms with Gasteiger partial charge in [-0.15, -0.1) is 0 Å². The summed E-state index contributed by atoms with van der Waals surface area (Å²) >= 11 is 0. The first-order chi connectivity index (χ1) is 5.77. The Balaban J connectivity index is 2.68. The molecule has 0 fully saturated rings. The van der Waals surface area contributed by atoms with Crippen LogP contribution in [-0.2, 0) is 0 Å². The van der Waals surface area contributed by atoms with Crippen molar-refractivity contribution < 1.29 is 9.90 Å². The maximum atomic E-state index is 10.5. The molecular weight excluding hydrogens is 158 g/mol. The van der Waals surface area contributed by atoms with Gasteiger partial charge in [-0.1, -0.05) is 0 Å². The van der Waals surface area contributed by atoms with E-state index in [0.717, 1.165) is 0 Å². The molecule has 0 amide bonds. The number of hydrogen-bond donors (Lipinski definition) is 2. The number of nitrogens with one attached hydrogen (secondary N) is 1. The van der Waals surface area contributed by atoms with Crippen molar-refractivity contribution in [3.63, 3.8) is 0 Å². The highest BCUT2D eigenvalue weighted by atomic mass is 16.4. The SMILES string of the molecule is O=C(O)c1cnc2n[nH]cc2c1. The summed E-state index contributed by atoms with van der Waals surface area (Å²) in [6.07, 6.45) is 2.89. The van der Waals surface area contributed by atoms with Crippen LogP contribution in [0.25, 0.3) is 11.0 Å². The number of nitrogens with zero attached hydrogens (tertiary/aromatic N) is 2. The first-order valence-corrected chi connectivity index (χ1v) is 3.30. The molecule has 0 saturated heterocycles. The Hall–Kier alpha value is -1.91. The van der Waals surface area contributed by atoms with Crippen LogP contribution in [0, 0.1) is 0 Å². The Bertz CT molecular complexity index is 435. The predicted octanol–water partition coefficient (Wildman–Crippen LogP) is 0.656. The van der Waals surface area contributed by atoms with Crippen molar-refractivity contribution in [2.75, 3.05) is 0 Å². The molecule has 2 heterocycles. The molecule has 2 aromatic rings. The van der Waals surface area contributed by atoms with Gasteiger partial charge in [0.25, 0.3) is 0 Å². The lowest BCUT2D eigenvalue weighted by Crippen LogP contribution is -1.96. The monoisotopic (exact) mass is 163 g/mol. The van der Waals surface area contributed by atoms with Gasteiger partial charge in [-0.3, -0.25) is 5.10 Å². The van der Waals surface area contributed by atoms with E-state index in [-0.39, 0.29) is 5.56 Å². The van der Waals surface area contributed by atoms with Crippen molar-refractivity contribution in [3.8, 4) is 0 Å². The first-order valence-electron chi connectivity index (χ1n) is 3.30. The van der Waals surface area contributed by atoms with Crippen molar-refractivity contribution in [1.82, 2.24) is 15.2 Å². The third-order valence-electron chi connectivity index (χ3n) is 1.53. The molecule has 0 aliphatic carbocycles. The molecule has 0 unspecified atom stereocenters. The highest BCUT2D eigenvalue weighted by molar-refractivity contribution is 5.91. The van der Waals surface area contributed by atoms with Crippen molar-refractivity contribution in [3.05, 3.63) is 24.0 Å². The average Bonchev–Trinajstić information content (AvgIpc) is 2.49. The Morgan fingerprint density at radius 1 is 1.58 bits per heavy atom. The number of carboxylic acids is 1. The summed E-state index contributed by atoms with van der Waals surface area (Å²) in [5.41, 5.74) is 0.698. The lowest BCUT2D eigenvalue weighted by molar-refractivity contribution is 0.0696. The number of rotatable bonds is 1. The Morgan fingerprint density at radius 2 is 2.42 bits per heavy atom. The van der Waals surface area contributed by atoms with Gasteiger partial charge in [0, 0.05) is 17.8 Å². The van der Waals surface area contributed by atoms with Gasteiger partial charge in [0.1, 0.15) is 0 Å². The fraction of sp³-hybridized carbons (Fsp3) is 0. The van der Waals surface area contributed by atoms with Gasteiger partial charge in [-0.25, -0.2) is 9.78 Å². The van der Waals surface area contributed by atoms with E-state index in [1.54, 1.807) is 6.20 Å². The zero-order valence-corrected chi connectivity index (χ0v) is 5.98. The maximum absolute atomic E-state index is 10.5. The average molecular weight is 163 g/mol. The smallest absolute Gasteiger partial charge is 0.337 e. The third-order valence-corrected chi connectivity index (χ3v) is 1.53. The van der Waals surface area contributed by atoms with E-state index in [1.165, 1.54) is 12.3 Å². The van der Waals surface area contributed by atoms with E-state index < -0.39 is 5.97 Å². The summed E-state index contributed by atoms with van der Waals surface area (Å²) < 4.78 is 0. The number of H-pyrrole nitrogens is 1. The first kappa shape index (κ1) is 6.78. The molecule has 60 valence electrons. The summed E-state index contributed by atoms with van der Waals surface area (Å²) in [6, 6.07) is 1.52. The number of carbonyl (C=O) groups is 1.